The van der Waals surface area contributed by atoms with E-state index in [0.29, 0.717) is 12.0 Å². The molecule has 2 nitrogen and oxygen atoms in total. The van der Waals surface area contributed by atoms with Gasteiger partial charge >= 0.3 is 0 Å². The number of para-hydroxylation sites is 1. The summed E-state index contributed by atoms with van der Waals surface area (Å²) < 4.78 is 3.14. The van der Waals surface area contributed by atoms with Crippen molar-refractivity contribution in [2.75, 3.05) is 0 Å². The zero-order valence-electron chi connectivity index (χ0n) is 10.9. The third-order valence-corrected chi connectivity index (χ3v) is 3.76. The monoisotopic (exact) mass is 248 g/mol. The van der Waals surface area contributed by atoms with Crippen LogP contribution in [0.1, 0.15) is 38.8 Å². The highest BCUT2D eigenvalue weighted by molar-refractivity contribution is 7.71. The molecule has 0 saturated heterocycles. The van der Waals surface area contributed by atoms with Crippen LogP contribution in [0, 0.1) is 17.6 Å². The standard InChI is InChI=1S/C14H20N2S/c1-5-12(9(2)3)16-13-10(4)7-6-8-11(13)15-14(16)17/h6-9,12H,5H2,1-4H3,(H,15,17). The van der Waals surface area contributed by atoms with Gasteiger partial charge in [-0.05, 0) is 43.1 Å². The molecule has 0 amide bonds. The quantitative estimate of drug-likeness (QED) is 0.786. The first-order chi connectivity index (χ1) is 8.06. The number of H-pyrrole nitrogens is 1. The number of aromatic nitrogens is 2. The second kappa shape index (κ2) is 4.65. The van der Waals surface area contributed by atoms with Gasteiger partial charge in [-0.2, -0.15) is 0 Å². The van der Waals surface area contributed by atoms with Crippen LogP contribution in [0.2, 0.25) is 0 Å². The van der Waals surface area contributed by atoms with Gasteiger partial charge in [0.2, 0.25) is 0 Å². The molecule has 2 rings (SSSR count). The first-order valence-electron chi connectivity index (χ1n) is 6.26. The molecule has 0 aliphatic rings. The van der Waals surface area contributed by atoms with Crippen molar-refractivity contribution in [1.82, 2.24) is 9.55 Å². The van der Waals surface area contributed by atoms with E-state index < -0.39 is 0 Å². The fourth-order valence-corrected chi connectivity index (χ4v) is 2.96. The second-order valence-electron chi connectivity index (χ2n) is 4.99. The van der Waals surface area contributed by atoms with Crippen molar-refractivity contribution in [3.05, 3.63) is 28.5 Å². The average Bonchev–Trinajstić information content (AvgIpc) is 2.58. The van der Waals surface area contributed by atoms with Gasteiger partial charge < -0.3 is 9.55 Å². The van der Waals surface area contributed by atoms with Gasteiger partial charge in [-0.15, -0.1) is 0 Å². The highest BCUT2D eigenvalue weighted by Gasteiger charge is 2.17. The third-order valence-electron chi connectivity index (χ3n) is 3.46. The van der Waals surface area contributed by atoms with Gasteiger partial charge in [0.15, 0.2) is 4.77 Å². The number of aromatic amines is 1. The van der Waals surface area contributed by atoms with E-state index >= 15 is 0 Å². The lowest BCUT2D eigenvalue weighted by Crippen LogP contribution is -2.14. The smallest absolute Gasteiger partial charge is 0.178 e. The van der Waals surface area contributed by atoms with Crippen LogP contribution in [0.5, 0.6) is 0 Å². The number of nitrogens with zero attached hydrogens (tertiary/aromatic N) is 1. The molecular weight excluding hydrogens is 228 g/mol. The molecule has 0 fully saturated rings. The van der Waals surface area contributed by atoms with E-state index in [0.717, 1.165) is 16.7 Å². The van der Waals surface area contributed by atoms with Gasteiger partial charge in [-0.1, -0.05) is 32.9 Å². The Morgan fingerprint density at radius 1 is 1.35 bits per heavy atom. The Kier molecular flexibility index (Phi) is 3.38. The predicted molar refractivity (Wildman–Crippen MR) is 76.0 cm³/mol. The zero-order chi connectivity index (χ0) is 12.6. The molecule has 92 valence electrons. The molecule has 2 aromatic rings. The van der Waals surface area contributed by atoms with Crippen molar-refractivity contribution in [3.63, 3.8) is 0 Å². The number of rotatable bonds is 3. The maximum Gasteiger partial charge on any atom is 0.178 e. The molecule has 1 aromatic heterocycles. The van der Waals surface area contributed by atoms with E-state index in [1.165, 1.54) is 11.1 Å². The molecule has 1 N–H and O–H groups in total. The van der Waals surface area contributed by atoms with Gasteiger partial charge in [0.25, 0.3) is 0 Å². The summed E-state index contributed by atoms with van der Waals surface area (Å²) in [7, 11) is 0. The number of hydrogen-bond acceptors (Lipinski definition) is 1. The fraction of sp³-hybridized carbons (Fsp3) is 0.500. The zero-order valence-corrected chi connectivity index (χ0v) is 11.8. The molecule has 1 heterocycles. The summed E-state index contributed by atoms with van der Waals surface area (Å²) in [5.41, 5.74) is 3.70. The molecule has 0 bridgehead atoms. The summed E-state index contributed by atoms with van der Waals surface area (Å²) in [5, 5.41) is 0. The molecule has 1 aromatic carbocycles. The van der Waals surface area contributed by atoms with Gasteiger partial charge in [0.05, 0.1) is 11.0 Å². The Balaban J connectivity index is 2.76. The van der Waals surface area contributed by atoms with Crippen molar-refractivity contribution < 1.29 is 0 Å². The number of benzene rings is 1. The fourth-order valence-electron chi connectivity index (χ4n) is 2.63. The topological polar surface area (TPSA) is 20.7 Å². The number of fused-ring (bicyclic) bond motifs is 1. The first kappa shape index (κ1) is 12.4. The van der Waals surface area contributed by atoms with E-state index in [9.17, 15) is 0 Å². The first-order valence-corrected chi connectivity index (χ1v) is 6.67. The van der Waals surface area contributed by atoms with Crippen LogP contribution in [0.25, 0.3) is 11.0 Å². The second-order valence-corrected chi connectivity index (χ2v) is 5.38. The number of imidazole rings is 1. The molecule has 0 saturated carbocycles. The summed E-state index contributed by atoms with van der Waals surface area (Å²) >= 11 is 5.48. The molecule has 1 unspecified atom stereocenters. The minimum atomic E-state index is 0.470. The SMILES string of the molecule is CCC(C(C)C)n1c(=S)[nH]c2cccc(C)c21. The molecule has 3 heteroatoms. The Hall–Kier alpha value is -1.09. The molecular formula is C14H20N2S. The van der Waals surface area contributed by atoms with Crippen molar-refractivity contribution >= 4 is 23.3 Å². The minimum Gasteiger partial charge on any atom is -0.331 e. The van der Waals surface area contributed by atoms with Gasteiger partial charge in [-0.25, -0.2) is 0 Å². The minimum absolute atomic E-state index is 0.470. The highest BCUT2D eigenvalue weighted by Crippen LogP contribution is 2.28. The van der Waals surface area contributed by atoms with Gasteiger partial charge in [0, 0.05) is 6.04 Å². The summed E-state index contributed by atoms with van der Waals surface area (Å²) in [4.78, 5) is 3.32. The van der Waals surface area contributed by atoms with Crippen LogP contribution < -0.4 is 0 Å². The molecule has 1 atom stereocenters. The summed E-state index contributed by atoms with van der Waals surface area (Å²) in [5.74, 6) is 0.588. The van der Waals surface area contributed by atoms with Crippen LogP contribution in [-0.4, -0.2) is 9.55 Å². The van der Waals surface area contributed by atoms with E-state index in [1.54, 1.807) is 0 Å². The summed E-state index contributed by atoms with van der Waals surface area (Å²) in [6.07, 6.45) is 1.10. The summed E-state index contributed by atoms with van der Waals surface area (Å²) in [6.45, 7) is 8.89. The van der Waals surface area contributed by atoms with Crippen LogP contribution in [-0.2, 0) is 0 Å². The van der Waals surface area contributed by atoms with Crippen molar-refractivity contribution in [1.29, 1.82) is 0 Å². The number of nitrogens with one attached hydrogen (secondary N) is 1. The Morgan fingerprint density at radius 2 is 2.06 bits per heavy atom. The molecule has 0 radical (unpaired) electrons. The lowest BCUT2D eigenvalue weighted by molar-refractivity contribution is 0.370. The largest absolute Gasteiger partial charge is 0.331 e. The molecule has 17 heavy (non-hydrogen) atoms. The van der Waals surface area contributed by atoms with Gasteiger partial charge in [0.1, 0.15) is 0 Å². The predicted octanol–water partition coefficient (Wildman–Crippen LogP) is 4.61. The van der Waals surface area contributed by atoms with Crippen LogP contribution >= 0.6 is 12.2 Å². The lowest BCUT2D eigenvalue weighted by Gasteiger charge is -2.22. The van der Waals surface area contributed by atoms with E-state index in [2.05, 4.69) is 55.4 Å². The average molecular weight is 248 g/mol. The molecule has 0 spiro atoms. The summed E-state index contributed by atoms with van der Waals surface area (Å²) in [6, 6.07) is 6.79. The number of aryl methyl sites for hydroxylation is 1. The Bertz CT molecular complexity index is 577. The third kappa shape index (κ3) is 2.04. The highest BCUT2D eigenvalue weighted by atomic mass is 32.1. The Morgan fingerprint density at radius 3 is 2.65 bits per heavy atom. The van der Waals surface area contributed by atoms with E-state index in [-0.39, 0.29) is 0 Å². The maximum absolute atomic E-state index is 5.48. The van der Waals surface area contributed by atoms with Crippen molar-refractivity contribution in [3.8, 4) is 0 Å². The number of hydrogen-bond donors (Lipinski definition) is 1. The molecule has 0 aliphatic heterocycles. The Labute approximate surface area is 108 Å². The van der Waals surface area contributed by atoms with Gasteiger partial charge in [-0.3, -0.25) is 0 Å². The van der Waals surface area contributed by atoms with Crippen molar-refractivity contribution in [2.45, 2.75) is 40.2 Å². The van der Waals surface area contributed by atoms with Crippen LogP contribution in [0.3, 0.4) is 0 Å². The van der Waals surface area contributed by atoms with Crippen LogP contribution in [0.4, 0.5) is 0 Å². The lowest BCUT2D eigenvalue weighted by atomic mass is 10.0. The van der Waals surface area contributed by atoms with Crippen molar-refractivity contribution in [2.24, 2.45) is 5.92 Å². The van der Waals surface area contributed by atoms with Crippen LogP contribution in [0.15, 0.2) is 18.2 Å². The maximum atomic E-state index is 5.48. The normalized spacial score (nSPS) is 13.5. The molecule has 0 aliphatic carbocycles. The van der Waals surface area contributed by atoms with E-state index in [4.69, 9.17) is 12.2 Å². The van der Waals surface area contributed by atoms with E-state index in [1.807, 2.05) is 0 Å².